The second-order valence-corrected chi connectivity index (χ2v) is 12.0. The maximum atomic E-state index is 12.9. The number of benzene rings is 3. The lowest BCUT2D eigenvalue weighted by atomic mass is 10.0. The smallest absolute Gasteiger partial charge is 0.248 e. The normalized spacial score (nSPS) is 13.8. The van der Waals surface area contributed by atoms with Crippen molar-refractivity contribution in [1.29, 1.82) is 0 Å². The number of likely N-dealkylation sites (N-methyl/N-ethyl adjacent to an activating group) is 1. The molecule has 1 fully saturated rings. The van der Waals surface area contributed by atoms with Gasteiger partial charge in [0.05, 0.1) is 13.2 Å². The van der Waals surface area contributed by atoms with Gasteiger partial charge in [-0.2, -0.15) is 0 Å². The molecule has 2 unspecified atom stereocenters. The molecule has 5 rings (SSSR count). The molecular formula is C41H53N5O4. The molecule has 3 aromatic carbocycles. The van der Waals surface area contributed by atoms with Gasteiger partial charge in [0.15, 0.2) is 0 Å². The number of carbonyl (C=O) groups is 3. The molecule has 1 aliphatic heterocycles. The fourth-order valence-corrected chi connectivity index (χ4v) is 5.28. The molecule has 266 valence electrons. The van der Waals surface area contributed by atoms with Crippen molar-refractivity contribution in [2.75, 3.05) is 39.9 Å². The number of ether oxygens (including phenoxy) is 1. The van der Waals surface area contributed by atoms with Crippen LogP contribution in [0.3, 0.4) is 0 Å². The Labute approximate surface area is 297 Å². The van der Waals surface area contributed by atoms with Crippen LogP contribution >= 0.6 is 0 Å². The van der Waals surface area contributed by atoms with Crippen LogP contribution in [0.5, 0.6) is 0 Å². The minimum Gasteiger partial charge on any atom is -0.370 e. The Bertz CT molecular complexity index is 1530. The standard InChI is InChI=1S/C26H35N5O4.C13H12.C2H6/c1-31(25(33)19-35-18-22-8-5-12-28-22)17-24(32)30-23(16-21-6-3-2-4-7-21)26(34)29-15-11-20-9-13-27-14-10-20;1-11-7-9-13(10-8-11)12-5-3-2-4-6-12;1-2/h2-4,6-7,9-10,13-14,22-23,28H,5,8,11-12,15-19H2,1H3,(H,29,34)(H,30,32);2-10H,1H3;1-2H3. The highest BCUT2D eigenvalue weighted by molar-refractivity contribution is 5.90. The van der Waals surface area contributed by atoms with E-state index in [0.29, 0.717) is 26.0 Å². The van der Waals surface area contributed by atoms with Crippen molar-refractivity contribution in [1.82, 2.24) is 25.8 Å². The first-order chi connectivity index (χ1) is 24.4. The fraction of sp³-hybridized carbons (Fsp3) is 0.366. The summed E-state index contributed by atoms with van der Waals surface area (Å²) in [5, 5.41) is 9.01. The van der Waals surface area contributed by atoms with Crippen LogP contribution in [0.4, 0.5) is 0 Å². The minimum atomic E-state index is -0.754. The van der Waals surface area contributed by atoms with Crippen LogP contribution in [0.25, 0.3) is 11.1 Å². The number of hydrogen-bond acceptors (Lipinski definition) is 6. The van der Waals surface area contributed by atoms with E-state index < -0.39 is 11.9 Å². The Balaban J connectivity index is 0.000000373. The van der Waals surface area contributed by atoms with E-state index in [1.54, 1.807) is 19.4 Å². The zero-order valence-electron chi connectivity index (χ0n) is 29.9. The first-order valence-electron chi connectivity index (χ1n) is 17.5. The van der Waals surface area contributed by atoms with Crippen LogP contribution in [0.2, 0.25) is 0 Å². The molecule has 3 N–H and O–H groups in total. The average Bonchev–Trinajstić information content (AvgIpc) is 3.67. The largest absolute Gasteiger partial charge is 0.370 e. The second kappa shape index (κ2) is 22.7. The fourth-order valence-electron chi connectivity index (χ4n) is 5.28. The number of amides is 3. The number of nitrogens with zero attached hydrogens (tertiary/aromatic N) is 2. The van der Waals surface area contributed by atoms with E-state index in [-0.39, 0.29) is 31.0 Å². The number of carbonyl (C=O) groups excluding carboxylic acids is 3. The van der Waals surface area contributed by atoms with Gasteiger partial charge in [-0.05, 0) is 67.1 Å². The van der Waals surface area contributed by atoms with Gasteiger partial charge in [0.2, 0.25) is 17.7 Å². The van der Waals surface area contributed by atoms with E-state index in [4.69, 9.17) is 4.74 Å². The molecular weight excluding hydrogens is 626 g/mol. The van der Waals surface area contributed by atoms with Gasteiger partial charge in [0.1, 0.15) is 12.6 Å². The predicted octanol–water partition coefficient (Wildman–Crippen LogP) is 5.38. The molecule has 0 aliphatic carbocycles. The Morgan fingerprint density at radius 3 is 2.16 bits per heavy atom. The van der Waals surface area contributed by atoms with Crippen LogP contribution < -0.4 is 16.0 Å². The van der Waals surface area contributed by atoms with Gasteiger partial charge in [-0.3, -0.25) is 19.4 Å². The lowest BCUT2D eigenvalue weighted by molar-refractivity contribution is -0.139. The number of hydrogen-bond donors (Lipinski definition) is 3. The van der Waals surface area contributed by atoms with E-state index in [9.17, 15) is 14.4 Å². The van der Waals surface area contributed by atoms with Crippen molar-refractivity contribution in [2.45, 2.75) is 58.5 Å². The second-order valence-electron chi connectivity index (χ2n) is 12.0. The van der Waals surface area contributed by atoms with Gasteiger partial charge in [0, 0.05) is 38.4 Å². The van der Waals surface area contributed by atoms with Crippen molar-refractivity contribution < 1.29 is 19.1 Å². The van der Waals surface area contributed by atoms with Gasteiger partial charge in [-0.25, -0.2) is 0 Å². The van der Waals surface area contributed by atoms with Gasteiger partial charge in [0.25, 0.3) is 0 Å². The highest BCUT2D eigenvalue weighted by Crippen LogP contribution is 2.18. The summed E-state index contributed by atoms with van der Waals surface area (Å²) in [5.41, 5.74) is 5.86. The number of aromatic nitrogens is 1. The van der Waals surface area contributed by atoms with Crippen molar-refractivity contribution >= 4 is 17.7 Å². The molecule has 3 amide bonds. The van der Waals surface area contributed by atoms with Crippen LogP contribution in [0.1, 0.15) is 43.4 Å². The number of nitrogens with one attached hydrogen (secondary N) is 3. The topological polar surface area (TPSA) is 113 Å². The molecule has 1 aromatic heterocycles. The summed E-state index contributed by atoms with van der Waals surface area (Å²) >= 11 is 0. The Hall–Kier alpha value is -4.86. The molecule has 0 bridgehead atoms. The zero-order chi connectivity index (χ0) is 36.0. The summed E-state index contributed by atoms with van der Waals surface area (Å²) in [6.07, 6.45) is 6.59. The highest BCUT2D eigenvalue weighted by atomic mass is 16.5. The zero-order valence-corrected chi connectivity index (χ0v) is 29.9. The molecule has 0 saturated carbocycles. The molecule has 9 nitrogen and oxygen atoms in total. The SMILES string of the molecule is CC.CN(CC(=O)NC(Cc1ccccc1)C(=O)NCCc1ccncc1)C(=O)COCC1CCCN1.Cc1ccc(-c2ccccc2)cc1. The van der Waals surface area contributed by atoms with E-state index in [1.165, 1.54) is 21.6 Å². The third-order valence-electron chi connectivity index (χ3n) is 8.07. The van der Waals surface area contributed by atoms with Crippen molar-refractivity contribution in [3.8, 4) is 11.1 Å². The molecule has 0 radical (unpaired) electrons. The third-order valence-corrected chi connectivity index (χ3v) is 8.07. The maximum Gasteiger partial charge on any atom is 0.248 e. The quantitative estimate of drug-likeness (QED) is 0.165. The highest BCUT2D eigenvalue weighted by Gasteiger charge is 2.23. The van der Waals surface area contributed by atoms with Gasteiger partial charge < -0.3 is 25.6 Å². The van der Waals surface area contributed by atoms with E-state index in [2.05, 4.69) is 76.4 Å². The van der Waals surface area contributed by atoms with E-state index in [0.717, 1.165) is 30.5 Å². The van der Waals surface area contributed by atoms with Crippen molar-refractivity contribution in [3.63, 3.8) is 0 Å². The van der Waals surface area contributed by atoms with Crippen LogP contribution in [0.15, 0.2) is 109 Å². The van der Waals surface area contributed by atoms with E-state index in [1.807, 2.05) is 62.4 Å². The van der Waals surface area contributed by atoms with Gasteiger partial charge in [-0.1, -0.05) is 104 Å². The summed E-state index contributed by atoms with van der Waals surface area (Å²) < 4.78 is 5.51. The molecule has 1 saturated heterocycles. The van der Waals surface area contributed by atoms with Crippen molar-refractivity contribution in [3.05, 3.63) is 126 Å². The first-order valence-corrected chi connectivity index (χ1v) is 17.5. The molecule has 2 heterocycles. The lowest BCUT2D eigenvalue weighted by Crippen LogP contribution is -2.51. The molecule has 2 atom stereocenters. The molecule has 50 heavy (non-hydrogen) atoms. The summed E-state index contributed by atoms with van der Waals surface area (Å²) in [5.74, 6) is -0.944. The summed E-state index contributed by atoms with van der Waals surface area (Å²) in [4.78, 5) is 43.3. The molecule has 0 spiro atoms. The number of aryl methyl sites for hydroxylation is 1. The van der Waals surface area contributed by atoms with Gasteiger partial charge in [-0.15, -0.1) is 0 Å². The summed E-state index contributed by atoms with van der Waals surface area (Å²) in [7, 11) is 1.56. The Kier molecular flexibility index (Phi) is 18.0. The maximum absolute atomic E-state index is 12.9. The van der Waals surface area contributed by atoms with Gasteiger partial charge >= 0.3 is 0 Å². The Morgan fingerprint density at radius 2 is 1.52 bits per heavy atom. The number of rotatable bonds is 14. The monoisotopic (exact) mass is 679 g/mol. The Morgan fingerprint density at radius 1 is 0.880 bits per heavy atom. The summed E-state index contributed by atoms with van der Waals surface area (Å²) in [6.45, 7) is 7.77. The first kappa shape index (κ1) is 39.6. The molecule has 1 aliphatic rings. The molecule has 9 heteroatoms. The summed E-state index contributed by atoms with van der Waals surface area (Å²) in [6, 6.07) is 31.9. The lowest BCUT2D eigenvalue weighted by Gasteiger charge is -2.22. The molecule has 4 aromatic rings. The average molecular weight is 680 g/mol. The van der Waals surface area contributed by atoms with Crippen LogP contribution in [-0.2, 0) is 32.0 Å². The van der Waals surface area contributed by atoms with Crippen LogP contribution in [0, 0.1) is 6.92 Å². The number of pyridine rings is 1. The van der Waals surface area contributed by atoms with Crippen molar-refractivity contribution in [2.24, 2.45) is 0 Å². The predicted molar refractivity (Wildman–Crippen MR) is 200 cm³/mol. The van der Waals surface area contributed by atoms with Crippen LogP contribution in [-0.4, -0.2) is 79.6 Å². The minimum absolute atomic E-state index is 0.0785. The third kappa shape index (κ3) is 14.7. The van der Waals surface area contributed by atoms with E-state index >= 15 is 0 Å².